The fourth-order valence-electron chi connectivity index (χ4n) is 2.27. The Morgan fingerprint density at radius 3 is 2.27 bits per heavy atom. The van der Waals surface area contributed by atoms with Crippen LogP contribution in [0.3, 0.4) is 0 Å². The predicted octanol–water partition coefficient (Wildman–Crippen LogP) is 2.34. The van der Waals surface area contributed by atoms with E-state index in [0.29, 0.717) is 17.9 Å². The van der Waals surface area contributed by atoms with Gasteiger partial charge in [0.2, 0.25) is 10.0 Å². The topological polar surface area (TPSA) is 84.9 Å². The van der Waals surface area contributed by atoms with Crippen LogP contribution in [0.25, 0.3) is 0 Å². The van der Waals surface area contributed by atoms with E-state index in [1.807, 2.05) is 0 Å². The molecule has 140 valence electrons. The van der Waals surface area contributed by atoms with Crippen molar-refractivity contribution in [2.75, 3.05) is 33.6 Å². The van der Waals surface area contributed by atoms with Crippen LogP contribution in [0, 0.1) is 0 Å². The minimum Gasteiger partial charge on any atom is -0.495 e. The maximum absolute atomic E-state index is 12.5. The first-order valence-electron chi connectivity index (χ1n) is 7.79. The van der Waals surface area contributed by atoms with Crippen molar-refractivity contribution < 1.29 is 22.7 Å². The summed E-state index contributed by atoms with van der Waals surface area (Å²) in [5.74, 6) is -0.00118. The van der Waals surface area contributed by atoms with Gasteiger partial charge in [0.25, 0.3) is 5.91 Å². The Balaban J connectivity index is 2.31. The molecule has 0 fully saturated rings. The average Bonchev–Trinajstić information content (AvgIpc) is 2.62. The fraction of sp³-hybridized carbons (Fsp3) is 0.278. The molecule has 2 aromatic rings. The van der Waals surface area contributed by atoms with Crippen LogP contribution in [-0.2, 0) is 21.4 Å². The highest BCUT2D eigenvalue weighted by Crippen LogP contribution is 2.29. The van der Waals surface area contributed by atoms with E-state index >= 15 is 0 Å². The van der Waals surface area contributed by atoms with Crippen molar-refractivity contribution in [1.29, 1.82) is 0 Å². The Bertz CT molecular complexity index is 877. The van der Waals surface area contributed by atoms with Crippen LogP contribution in [0.15, 0.2) is 47.4 Å². The zero-order chi connectivity index (χ0) is 19.3. The van der Waals surface area contributed by atoms with Crippen LogP contribution < -0.4 is 10.1 Å². The minimum atomic E-state index is -3.62. The lowest BCUT2D eigenvalue weighted by Gasteiger charge is -2.15. The summed E-state index contributed by atoms with van der Waals surface area (Å²) in [4.78, 5) is 12.6. The predicted molar refractivity (Wildman–Crippen MR) is 99.0 cm³/mol. The third kappa shape index (κ3) is 4.40. The van der Waals surface area contributed by atoms with Gasteiger partial charge in [-0.05, 0) is 35.9 Å². The number of nitrogens with one attached hydrogen (secondary N) is 1. The summed E-state index contributed by atoms with van der Waals surface area (Å²) in [6, 6.07) is 11.3. The number of benzene rings is 2. The van der Waals surface area contributed by atoms with Crippen LogP contribution in [0.2, 0.25) is 0 Å². The Hall–Kier alpha value is -2.42. The summed E-state index contributed by atoms with van der Waals surface area (Å²) < 4.78 is 36.0. The molecule has 0 heterocycles. The summed E-state index contributed by atoms with van der Waals surface area (Å²) in [6.07, 6.45) is 0. The summed E-state index contributed by atoms with van der Waals surface area (Å²) in [5, 5.41) is 2.70. The first kappa shape index (κ1) is 19.9. The van der Waals surface area contributed by atoms with Gasteiger partial charge in [-0.1, -0.05) is 12.1 Å². The molecule has 0 spiro atoms. The first-order valence-corrected chi connectivity index (χ1v) is 9.23. The van der Waals surface area contributed by atoms with E-state index in [1.54, 1.807) is 31.4 Å². The van der Waals surface area contributed by atoms with Crippen molar-refractivity contribution in [3.8, 4) is 5.75 Å². The number of ether oxygens (including phenoxy) is 2. The second-order valence-corrected chi connectivity index (χ2v) is 7.89. The van der Waals surface area contributed by atoms with Crippen molar-refractivity contribution >= 4 is 21.6 Å². The van der Waals surface area contributed by atoms with Gasteiger partial charge in [0, 0.05) is 26.8 Å². The SMILES string of the molecule is COCc1ccc(C(=O)Nc2cc(S(=O)(=O)N(C)C)ccc2OC)cc1. The van der Waals surface area contributed by atoms with Gasteiger partial charge in [-0.15, -0.1) is 0 Å². The zero-order valence-corrected chi connectivity index (χ0v) is 16.0. The Kier molecular flexibility index (Phi) is 6.36. The largest absolute Gasteiger partial charge is 0.495 e. The van der Waals surface area contributed by atoms with E-state index in [4.69, 9.17) is 9.47 Å². The van der Waals surface area contributed by atoms with Crippen molar-refractivity contribution in [2.24, 2.45) is 0 Å². The molecule has 8 heteroatoms. The molecule has 2 rings (SSSR count). The molecule has 0 saturated carbocycles. The average molecular weight is 378 g/mol. The number of rotatable bonds is 7. The van der Waals surface area contributed by atoms with E-state index in [0.717, 1.165) is 9.87 Å². The number of sulfonamides is 1. The molecule has 0 unspecified atom stereocenters. The number of carbonyl (C=O) groups is 1. The molecule has 0 aliphatic rings. The van der Waals surface area contributed by atoms with E-state index in [1.165, 1.54) is 39.4 Å². The van der Waals surface area contributed by atoms with Crippen LogP contribution in [-0.4, -0.2) is 46.9 Å². The molecule has 0 saturated heterocycles. The molecule has 0 aliphatic heterocycles. The van der Waals surface area contributed by atoms with E-state index in [-0.39, 0.29) is 16.5 Å². The van der Waals surface area contributed by atoms with Crippen molar-refractivity contribution in [1.82, 2.24) is 4.31 Å². The van der Waals surface area contributed by atoms with Crippen LogP contribution in [0.5, 0.6) is 5.75 Å². The molecule has 1 amide bonds. The van der Waals surface area contributed by atoms with E-state index < -0.39 is 10.0 Å². The number of hydrogen-bond acceptors (Lipinski definition) is 5. The molecule has 0 atom stereocenters. The van der Waals surface area contributed by atoms with Gasteiger partial charge in [0.05, 0.1) is 24.3 Å². The fourth-order valence-corrected chi connectivity index (χ4v) is 3.20. The maximum Gasteiger partial charge on any atom is 0.255 e. The summed E-state index contributed by atoms with van der Waals surface area (Å²) >= 11 is 0. The number of nitrogens with zero attached hydrogens (tertiary/aromatic N) is 1. The monoisotopic (exact) mass is 378 g/mol. The molecule has 7 nitrogen and oxygen atoms in total. The number of anilines is 1. The molecule has 0 bridgehead atoms. The van der Waals surface area contributed by atoms with Gasteiger partial charge in [-0.25, -0.2) is 12.7 Å². The Morgan fingerprint density at radius 1 is 1.08 bits per heavy atom. The molecule has 2 aromatic carbocycles. The highest BCUT2D eigenvalue weighted by molar-refractivity contribution is 7.89. The second-order valence-electron chi connectivity index (χ2n) is 5.73. The Labute approximate surface area is 153 Å². The molecule has 0 radical (unpaired) electrons. The lowest BCUT2D eigenvalue weighted by atomic mass is 10.1. The lowest BCUT2D eigenvalue weighted by Crippen LogP contribution is -2.22. The number of carbonyl (C=O) groups excluding carboxylic acids is 1. The van der Waals surface area contributed by atoms with Crippen molar-refractivity contribution in [3.05, 3.63) is 53.6 Å². The molecule has 26 heavy (non-hydrogen) atoms. The van der Waals surface area contributed by atoms with Gasteiger partial charge in [-0.2, -0.15) is 0 Å². The first-order chi connectivity index (χ1) is 12.3. The summed E-state index contributed by atoms with van der Waals surface area (Å²) in [7, 11) is 2.31. The number of amides is 1. The third-order valence-corrected chi connectivity index (χ3v) is 5.54. The van der Waals surface area contributed by atoms with Crippen LogP contribution >= 0.6 is 0 Å². The Morgan fingerprint density at radius 2 is 1.73 bits per heavy atom. The smallest absolute Gasteiger partial charge is 0.255 e. The third-order valence-electron chi connectivity index (χ3n) is 3.72. The highest BCUT2D eigenvalue weighted by atomic mass is 32.2. The molecule has 1 N–H and O–H groups in total. The van der Waals surface area contributed by atoms with Gasteiger partial charge in [0.15, 0.2) is 0 Å². The zero-order valence-electron chi connectivity index (χ0n) is 15.1. The maximum atomic E-state index is 12.5. The normalized spacial score (nSPS) is 11.4. The molecule has 0 aromatic heterocycles. The lowest BCUT2D eigenvalue weighted by molar-refractivity contribution is 0.102. The highest BCUT2D eigenvalue weighted by Gasteiger charge is 2.20. The quantitative estimate of drug-likeness (QED) is 0.799. The minimum absolute atomic E-state index is 0.0639. The summed E-state index contributed by atoms with van der Waals surface area (Å²) in [5.41, 5.74) is 1.66. The van der Waals surface area contributed by atoms with Gasteiger partial charge < -0.3 is 14.8 Å². The number of methoxy groups -OCH3 is 2. The molecule has 0 aliphatic carbocycles. The van der Waals surface area contributed by atoms with E-state index in [9.17, 15) is 13.2 Å². The van der Waals surface area contributed by atoms with Crippen molar-refractivity contribution in [2.45, 2.75) is 11.5 Å². The van der Waals surface area contributed by atoms with Gasteiger partial charge in [-0.3, -0.25) is 4.79 Å². The summed E-state index contributed by atoms with van der Waals surface area (Å²) in [6.45, 7) is 0.458. The van der Waals surface area contributed by atoms with Gasteiger partial charge in [0.1, 0.15) is 5.75 Å². The van der Waals surface area contributed by atoms with E-state index in [2.05, 4.69) is 5.32 Å². The standard InChI is InChI=1S/C18H22N2O5S/c1-20(2)26(22,23)15-9-10-17(25-4)16(11-15)19-18(21)14-7-5-13(6-8-14)12-24-3/h5-11H,12H2,1-4H3,(H,19,21). The second kappa shape index (κ2) is 8.31. The molecular formula is C18H22N2O5S. The van der Waals surface area contributed by atoms with Crippen molar-refractivity contribution in [3.63, 3.8) is 0 Å². The molecular weight excluding hydrogens is 356 g/mol. The van der Waals surface area contributed by atoms with Crippen LogP contribution in [0.1, 0.15) is 15.9 Å². The number of hydrogen-bond donors (Lipinski definition) is 1. The van der Waals surface area contributed by atoms with Gasteiger partial charge >= 0.3 is 0 Å². The van der Waals surface area contributed by atoms with Crippen LogP contribution in [0.4, 0.5) is 5.69 Å².